The Bertz CT molecular complexity index is 234. The van der Waals surface area contributed by atoms with Gasteiger partial charge in [0.1, 0.15) is 0 Å². The summed E-state index contributed by atoms with van der Waals surface area (Å²) in [6.45, 7) is 9.23. The summed E-state index contributed by atoms with van der Waals surface area (Å²) in [7, 11) is 0. The number of nitrogens with one attached hydrogen (secondary N) is 2. The summed E-state index contributed by atoms with van der Waals surface area (Å²) in [6, 6.07) is -0.109. The quantitative estimate of drug-likeness (QED) is 0.652. The van der Waals surface area contributed by atoms with Crippen molar-refractivity contribution in [2.45, 2.75) is 39.2 Å². The lowest BCUT2D eigenvalue weighted by Crippen LogP contribution is -2.47. The molecular formula is C12H22N2O. The molecule has 0 radical (unpaired) electrons. The molecule has 0 aliphatic heterocycles. The predicted molar refractivity (Wildman–Crippen MR) is 62.6 cm³/mol. The van der Waals surface area contributed by atoms with E-state index in [2.05, 4.69) is 24.1 Å². The van der Waals surface area contributed by atoms with Crippen molar-refractivity contribution in [2.75, 3.05) is 13.1 Å². The van der Waals surface area contributed by atoms with E-state index in [1.54, 1.807) is 6.08 Å². The molecule has 1 aliphatic rings. The van der Waals surface area contributed by atoms with E-state index in [4.69, 9.17) is 0 Å². The van der Waals surface area contributed by atoms with Gasteiger partial charge >= 0.3 is 0 Å². The molecule has 0 aromatic carbocycles. The molecule has 0 bridgehead atoms. The average Bonchev–Trinajstić information content (AvgIpc) is 2.19. The minimum Gasteiger partial charge on any atom is -0.351 e. The zero-order chi connectivity index (χ0) is 11.3. The lowest BCUT2D eigenvalue weighted by Gasteiger charge is -2.39. The molecule has 1 aliphatic carbocycles. The summed E-state index contributed by atoms with van der Waals surface area (Å²) in [5, 5.41) is 6.07. The molecular weight excluding hydrogens is 188 g/mol. The first kappa shape index (κ1) is 12.2. The van der Waals surface area contributed by atoms with E-state index in [0.717, 1.165) is 6.54 Å². The largest absolute Gasteiger partial charge is 0.351 e. The molecule has 0 saturated heterocycles. The Hall–Kier alpha value is -0.830. The molecule has 0 heterocycles. The van der Waals surface area contributed by atoms with E-state index in [0.29, 0.717) is 12.0 Å². The maximum absolute atomic E-state index is 11.5. The van der Waals surface area contributed by atoms with Crippen LogP contribution in [-0.2, 0) is 4.79 Å². The van der Waals surface area contributed by atoms with Crippen LogP contribution in [0.4, 0.5) is 0 Å². The van der Waals surface area contributed by atoms with Gasteiger partial charge in [0.25, 0.3) is 0 Å². The van der Waals surface area contributed by atoms with Gasteiger partial charge in [0, 0.05) is 13.1 Å². The SMILES string of the molecule is C=CCNC(=O)C(C)NCC1(C)CCC1. The van der Waals surface area contributed by atoms with Gasteiger partial charge in [-0.2, -0.15) is 0 Å². The van der Waals surface area contributed by atoms with E-state index in [1.165, 1.54) is 19.3 Å². The van der Waals surface area contributed by atoms with Crippen LogP contribution in [0.25, 0.3) is 0 Å². The Labute approximate surface area is 92.3 Å². The first-order valence-electron chi connectivity index (χ1n) is 5.69. The third-order valence-electron chi connectivity index (χ3n) is 3.21. The standard InChI is InChI=1S/C12H22N2O/c1-4-8-13-11(15)10(2)14-9-12(3)6-5-7-12/h4,10,14H,1,5-9H2,2-3H3,(H,13,15). The summed E-state index contributed by atoms with van der Waals surface area (Å²) in [5.74, 6) is 0.0535. The fourth-order valence-electron chi connectivity index (χ4n) is 1.78. The summed E-state index contributed by atoms with van der Waals surface area (Å²) in [5.41, 5.74) is 0.424. The molecule has 1 rings (SSSR count). The van der Waals surface area contributed by atoms with Crippen LogP contribution in [0, 0.1) is 5.41 Å². The Kier molecular flexibility index (Phi) is 4.33. The molecule has 15 heavy (non-hydrogen) atoms. The second-order valence-corrected chi connectivity index (χ2v) is 4.80. The van der Waals surface area contributed by atoms with Gasteiger partial charge in [-0.15, -0.1) is 6.58 Å². The first-order valence-corrected chi connectivity index (χ1v) is 5.69. The summed E-state index contributed by atoms with van der Waals surface area (Å²) in [4.78, 5) is 11.5. The zero-order valence-electron chi connectivity index (χ0n) is 9.81. The van der Waals surface area contributed by atoms with Crippen LogP contribution in [0.1, 0.15) is 33.1 Å². The van der Waals surface area contributed by atoms with Gasteiger partial charge in [-0.3, -0.25) is 4.79 Å². The topological polar surface area (TPSA) is 41.1 Å². The lowest BCUT2D eigenvalue weighted by atomic mass is 9.70. The highest BCUT2D eigenvalue weighted by Gasteiger charge is 2.32. The highest BCUT2D eigenvalue weighted by atomic mass is 16.2. The maximum Gasteiger partial charge on any atom is 0.237 e. The lowest BCUT2D eigenvalue weighted by molar-refractivity contribution is -0.122. The van der Waals surface area contributed by atoms with Crippen LogP contribution in [0.2, 0.25) is 0 Å². The monoisotopic (exact) mass is 210 g/mol. The average molecular weight is 210 g/mol. The molecule has 0 spiro atoms. The van der Waals surface area contributed by atoms with E-state index in [1.807, 2.05) is 6.92 Å². The van der Waals surface area contributed by atoms with Gasteiger partial charge in [0.2, 0.25) is 5.91 Å². The molecule has 1 amide bonds. The Balaban J connectivity index is 2.19. The summed E-state index contributed by atoms with van der Waals surface area (Å²) < 4.78 is 0. The van der Waals surface area contributed by atoms with E-state index in [-0.39, 0.29) is 11.9 Å². The van der Waals surface area contributed by atoms with Gasteiger partial charge in [-0.25, -0.2) is 0 Å². The second kappa shape index (κ2) is 5.31. The number of amides is 1. The van der Waals surface area contributed by atoms with Crippen LogP contribution >= 0.6 is 0 Å². The van der Waals surface area contributed by atoms with E-state index < -0.39 is 0 Å². The molecule has 1 unspecified atom stereocenters. The molecule has 3 nitrogen and oxygen atoms in total. The van der Waals surface area contributed by atoms with Gasteiger partial charge in [-0.1, -0.05) is 19.4 Å². The van der Waals surface area contributed by atoms with Crippen LogP contribution < -0.4 is 10.6 Å². The molecule has 0 aromatic rings. The summed E-state index contributed by atoms with van der Waals surface area (Å²) >= 11 is 0. The predicted octanol–water partition coefficient (Wildman–Crippen LogP) is 1.46. The van der Waals surface area contributed by atoms with Crippen molar-refractivity contribution < 1.29 is 4.79 Å². The van der Waals surface area contributed by atoms with E-state index in [9.17, 15) is 4.79 Å². The minimum atomic E-state index is -0.109. The van der Waals surface area contributed by atoms with Crippen LogP contribution in [-0.4, -0.2) is 25.0 Å². The maximum atomic E-state index is 11.5. The Morgan fingerprint density at radius 3 is 2.73 bits per heavy atom. The third-order valence-corrected chi connectivity index (χ3v) is 3.21. The Morgan fingerprint density at radius 1 is 1.60 bits per heavy atom. The van der Waals surface area contributed by atoms with Crippen molar-refractivity contribution in [3.05, 3.63) is 12.7 Å². The molecule has 1 fully saturated rings. The molecule has 2 N–H and O–H groups in total. The van der Waals surface area contributed by atoms with Crippen molar-refractivity contribution in [2.24, 2.45) is 5.41 Å². The highest BCUT2D eigenvalue weighted by Crippen LogP contribution is 2.39. The van der Waals surface area contributed by atoms with Crippen molar-refractivity contribution in [1.82, 2.24) is 10.6 Å². The molecule has 86 valence electrons. The fourth-order valence-corrected chi connectivity index (χ4v) is 1.78. The van der Waals surface area contributed by atoms with Gasteiger partial charge < -0.3 is 10.6 Å². The van der Waals surface area contributed by atoms with Gasteiger partial charge in [0.05, 0.1) is 6.04 Å². The van der Waals surface area contributed by atoms with Gasteiger partial charge in [0.15, 0.2) is 0 Å². The number of hydrogen-bond acceptors (Lipinski definition) is 2. The molecule has 3 heteroatoms. The van der Waals surface area contributed by atoms with Crippen LogP contribution in [0.5, 0.6) is 0 Å². The van der Waals surface area contributed by atoms with Gasteiger partial charge in [-0.05, 0) is 25.2 Å². The third kappa shape index (κ3) is 3.67. The number of rotatable bonds is 6. The number of carbonyl (C=O) groups excluding carboxylic acids is 1. The van der Waals surface area contributed by atoms with Crippen molar-refractivity contribution in [3.63, 3.8) is 0 Å². The fraction of sp³-hybridized carbons (Fsp3) is 0.750. The highest BCUT2D eigenvalue weighted by molar-refractivity contribution is 5.81. The normalized spacial score (nSPS) is 20.1. The number of hydrogen-bond donors (Lipinski definition) is 2. The Morgan fingerprint density at radius 2 is 2.27 bits per heavy atom. The number of carbonyl (C=O) groups is 1. The van der Waals surface area contributed by atoms with Crippen molar-refractivity contribution >= 4 is 5.91 Å². The first-order chi connectivity index (χ1) is 7.07. The van der Waals surface area contributed by atoms with Crippen molar-refractivity contribution in [3.8, 4) is 0 Å². The minimum absolute atomic E-state index is 0.0535. The van der Waals surface area contributed by atoms with Crippen LogP contribution in [0.15, 0.2) is 12.7 Å². The zero-order valence-corrected chi connectivity index (χ0v) is 9.81. The van der Waals surface area contributed by atoms with Crippen LogP contribution in [0.3, 0.4) is 0 Å². The molecule has 0 aromatic heterocycles. The smallest absolute Gasteiger partial charge is 0.237 e. The summed E-state index contributed by atoms with van der Waals surface area (Å²) in [6.07, 6.45) is 5.58. The molecule has 1 atom stereocenters. The molecule has 1 saturated carbocycles. The van der Waals surface area contributed by atoms with E-state index >= 15 is 0 Å². The van der Waals surface area contributed by atoms with Crippen molar-refractivity contribution in [1.29, 1.82) is 0 Å². The second-order valence-electron chi connectivity index (χ2n) is 4.80.